The van der Waals surface area contributed by atoms with Gasteiger partial charge >= 0.3 is 0 Å². The first-order valence-electron chi connectivity index (χ1n) is 7.26. The van der Waals surface area contributed by atoms with Crippen LogP contribution in [0.25, 0.3) is 0 Å². The Bertz CT molecular complexity index is 477. The van der Waals surface area contributed by atoms with Gasteiger partial charge in [-0.25, -0.2) is 0 Å². The molecule has 1 aromatic carbocycles. The monoisotopic (exact) mass is 310 g/mol. The number of nitrogens with one attached hydrogen (secondary N) is 1. The first kappa shape index (κ1) is 18.3. The number of amides is 1. The van der Waals surface area contributed by atoms with Gasteiger partial charge in [-0.05, 0) is 38.2 Å². The highest BCUT2D eigenvalue weighted by atomic mass is 16.5. The Labute approximate surface area is 132 Å². The number of ether oxygens (including phenoxy) is 2. The summed E-state index contributed by atoms with van der Waals surface area (Å²) in [6, 6.07) is 5.61. The van der Waals surface area contributed by atoms with E-state index in [0.29, 0.717) is 30.9 Å². The summed E-state index contributed by atoms with van der Waals surface area (Å²) in [5.41, 5.74) is 1.00. The number of aryl methyl sites for hydroxylation is 1. The molecule has 6 heteroatoms. The fourth-order valence-electron chi connectivity index (χ4n) is 2.10. The summed E-state index contributed by atoms with van der Waals surface area (Å²) < 4.78 is 10.4. The molecule has 1 amide bonds. The molecule has 22 heavy (non-hydrogen) atoms. The smallest absolute Gasteiger partial charge is 0.220 e. The summed E-state index contributed by atoms with van der Waals surface area (Å²) in [6.45, 7) is 0.791. The van der Waals surface area contributed by atoms with E-state index in [1.165, 1.54) is 0 Å². The average molecular weight is 310 g/mol. The summed E-state index contributed by atoms with van der Waals surface area (Å²) in [7, 11) is 6.93. The van der Waals surface area contributed by atoms with Gasteiger partial charge < -0.3 is 24.8 Å². The fraction of sp³-hybridized carbons (Fsp3) is 0.562. The highest BCUT2D eigenvalue weighted by molar-refractivity contribution is 5.76. The average Bonchev–Trinajstić information content (AvgIpc) is 2.49. The molecule has 0 saturated heterocycles. The van der Waals surface area contributed by atoms with Gasteiger partial charge in [-0.2, -0.15) is 0 Å². The molecule has 0 heterocycles. The number of hydrogen-bond donors (Lipinski definition) is 2. The largest absolute Gasteiger partial charge is 0.493 e. The van der Waals surface area contributed by atoms with Crippen molar-refractivity contribution in [1.82, 2.24) is 10.2 Å². The van der Waals surface area contributed by atoms with Crippen molar-refractivity contribution < 1.29 is 19.4 Å². The Morgan fingerprint density at radius 3 is 2.55 bits per heavy atom. The summed E-state index contributed by atoms with van der Waals surface area (Å²) in [5.74, 6) is 1.25. The number of nitrogens with zero attached hydrogens (tertiary/aromatic N) is 1. The van der Waals surface area contributed by atoms with Crippen LogP contribution in [-0.4, -0.2) is 63.4 Å². The van der Waals surface area contributed by atoms with Crippen LogP contribution >= 0.6 is 0 Å². The lowest BCUT2D eigenvalue weighted by atomic mass is 10.1. The minimum absolute atomic E-state index is 0.0763. The molecule has 0 fully saturated rings. The van der Waals surface area contributed by atoms with Gasteiger partial charge in [0, 0.05) is 19.5 Å². The number of aliphatic hydroxyl groups excluding tert-OH is 1. The van der Waals surface area contributed by atoms with Crippen molar-refractivity contribution in [3.8, 4) is 11.5 Å². The lowest BCUT2D eigenvalue weighted by Crippen LogP contribution is -2.37. The molecular formula is C16H26N2O4. The van der Waals surface area contributed by atoms with Gasteiger partial charge in [0.1, 0.15) is 0 Å². The predicted molar refractivity (Wildman–Crippen MR) is 85.4 cm³/mol. The van der Waals surface area contributed by atoms with Crippen molar-refractivity contribution in [1.29, 1.82) is 0 Å². The fourth-order valence-corrected chi connectivity index (χ4v) is 2.10. The number of likely N-dealkylation sites (N-methyl/N-ethyl adjacent to an activating group) is 1. The first-order valence-corrected chi connectivity index (χ1v) is 7.26. The van der Waals surface area contributed by atoms with Crippen LogP contribution in [0, 0.1) is 0 Å². The Balaban J connectivity index is 2.41. The van der Waals surface area contributed by atoms with Crippen LogP contribution in [0.3, 0.4) is 0 Å². The molecule has 0 radical (unpaired) electrons. The minimum atomic E-state index is -0.556. The molecule has 0 aliphatic rings. The van der Waals surface area contributed by atoms with E-state index in [1.807, 2.05) is 37.2 Å². The highest BCUT2D eigenvalue weighted by Gasteiger charge is 2.09. The molecule has 1 unspecified atom stereocenters. The number of methoxy groups -OCH3 is 2. The molecular weight excluding hydrogens is 284 g/mol. The highest BCUT2D eigenvalue weighted by Crippen LogP contribution is 2.27. The van der Waals surface area contributed by atoms with E-state index >= 15 is 0 Å². The molecule has 0 bridgehead atoms. The van der Waals surface area contributed by atoms with Gasteiger partial charge in [0.15, 0.2) is 11.5 Å². The Morgan fingerprint density at radius 1 is 1.27 bits per heavy atom. The first-order chi connectivity index (χ1) is 10.5. The van der Waals surface area contributed by atoms with Gasteiger partial charge in [0.25, 0.3) is 0 Å². The number of carbonyl (C=O) groups excluding carboxylic acids is 1. The lowest BCUT2D eigenvalue weighted by Gasteiger charge is -2.16. The van der Waals surface area contributed by atoms with Crippen molar-refractivity contribution in [3.63, 3.8) is 0 Å². The van der Waals surface area contributed by atoms with Crippen molar-refractivity contribution in [2.45, 2.75) is 18.9 Å². The molecule has 124 valence electrons. The van der Waals surface area contributed by atoms with Crippen molar-refractivity contribution in [3.05, 3.63) is 23.8 Å². The molecule has 0 aliphatic heterocycles. The van der Waals surface area contributed by atoms with E-state index in [1.54, 1.807) is 14.2 Å². The molecule has 6 nitrogen and oxygen atoms in total. The van der Waals surface area contributed by atoms with Crippen LogP contribution in [0.4, 0.5) is 0 Å². The van der Waals surface area contributed by atoms with E-state index < -0.39 is 6.10 Å². The van der Waals surface area contributed by atoms with Crippen LogP contribution in [-0.2, 0) is 11.2 Å². The van der Waals surface area contributed by atoms with Crippen molar-refractivity contribution >= 4 is 5.91 Å². The third-order valence-electron chi connectivity index (χ3n) is 3.20. The van der Waals surface area contributed by atoms with E-state index in [0.717, 1.165) is 5.56 Å². The molecule has 0 spiro atoms. The number of carbonyl (C=O) groups is 1. The molecule has 1 atom stereocenters. The molecule has 0 aromatic heterocycles. The zero-order valence-electron chi connectivity index (χ0n) is 13.8. The van der Waals surface area contributed by atoms with Crippen LogP contribution in [0.15, 0.2) is 18.2 Å². The zero-order chi connectivity index (χ0) is 16.5. The predicted octanol–water partition coefficient (Wildman–Crippen LogP) is 0.675. The number of rotatable bonds is 9. The zero-order valence-corrected chi connectivity index (χ0v) is 13.8. The Kier molecular flexibility index (Phi) is 7.70. The Morgan fingerprint density at radius 2 is 1.95 bits per heavy atom. The van der Waals surface area contributed by atoms with E-state index in [4.69, 9.17) is 9.47 Å². The van der Waals surface area contributed by atoms with Crippen LogP contribution in [0.1, 0.15) is 12.0 Å². The molecule has 0 aliphatic carbocycles. The normalized spacial score (nSPS) is 12.1. The van der Waals surface area contributed by atoms with Crippen LogP contribution in [0.2, 0.25) is 0 Å². The summed E-state index contributed by atoms with van der Waals surface area (Å²) in [4.78, 5) is 13.7. The number of hydrogen-bond acceptors (Lipinski definition) is 5. The van der Waals surface area contributed by atoms with Crippen molar-refractivity contribution in [2.75, 3.05) is 41.4 Å². The van der Waals surface area contributed by atoms with Gasteiger partial charge in [-0.1, -0.05) is 6.07 Å². The van der Waals surface area contributed by atoms with Crippen molar-refractivity contribution in [2.24, 2.45) is 0 Å². The maximum Gasteiger partial charge on any atom is 0.220 e. The molecule has 1 rings (SSSR count). The summed E-state index contributed by atoms with van der Waals surface area (Å²) in [5, 5.41) is 12.4. The topological polar surface area (TPSA) is 71.0 Å². The van der Waals surface area contributed by atoms with Gasteiger partial charge in [0.05, 0.1) is 20.3 Å². The van der Waals surface area contributed by atoms with Crippen LogP contribution < -0.4 is 14.8 Å². The third kappa shape index (κ3) is 6.32. The SMILES string of the molecule is COc1ccc(CCC(=O)NCC(O)CN(C)C)cc1OC. The molecule has 2 N–H and O–H groups in total. The van der Waals surface area contributed by atoms with Crippen LogP contribution in [0.5, 0.6) is 11.5 Å². The third-order valence-corrected chi connectivity index (χ3v) is 3.20. The molecule has 0 saturated carbocycles. The number of aliphatic hydroxyl groups is 1. The summed E-state index contributed by atoms with van der Waals surface area (Å²) >= 11 is 0. The molecule has 1 aromatic rings. The maximum absolute atomic E-state index is 11.8. The van der Waals surface area contributed by atoms with Gasteiger partial charge in [0.2, 0.25) is 5.91 Å². The quantitative estimate of drug-likeness (QED) is 0.702. The number of benzene rings is 1. The van der Waals surface area contributed by atoms with Gasteiger partial charge in [-0.15, -0.1) is 0 Å². The second-order valence-electron chi connectivity index (χ2n) is 5.41. The van der Waals surface area contributed by atoms with Gasteiger partial charge in [-0.3, -0.25) is 4.79 Å². The van der Waals surface area contributed by atoms with E-state index in [9.17, 15) is 9.90 Å². The minimum Gasteiger partial charge on any atom is -0.493 e. The second-order valence-corrected chi connectivity index (χ2v) is 5.41. The van der Waals surface area contributed by atoms with E-state index in [-0.39, 0.29) is 12.5 Å². The standard InChI is InChI=1S/C16H26N2O4/c1-18(2)11-13(19)10-17-16(20)8-6-12-5-7-14(21-3)15(9-12)22-4/h5,7,9,13,19H,6,8,10-11H2,1-4H3,(H,17,20). The van der Waals surface area contributed by atoms with E-state index in [2.05, 4.69) is 5.32 Å². The Hall–Kier alpha value is -1.79. The lowest BCUT2D eigenvalue weighted by molar-refractivity contribution is -0.121. The second kappa shape index (κ2) is 9.27. The summed E-state index contributed by atoms with van der Waals surface area (Å²) in [6.07, 6.45) is 0.417. The maximum atomic E-state index is 11.8.